The summed E-state index contributed by atoms with van der Waals surface area (Å²) in [5.74, 6) is 0.271. The van der Waals surface area contributed by atoms with Gasteiger partial charge in [-0.15, -0.1) is 0 Å². The lowest BCUT2D eigenvalue weighted by molar-refractivity contribution is -0.124. The minimum absolute atomic E-state index is 0.301. The van der Waals surface area contributed by atoms with Gasteiger partial charge in [0.25, 0.3) is 5.91 Å². The summed E-state index contributed by atoms with van der Waals surface area (Å²) in [4.78, 5) is 21.1. The van der Waals surface area contributed by atoms with Gasteiger partial charge in [-0.1, -0.05) is 48.6 Å². The molecule has 0 aromatic heterocycles. The molecular formula is C26H31N5O3S. The Kier molecular flexibility index (Phi) is 8.25. The van der Waals surface area contributed by atoms with Crippen LogP contribution in [0.2, 0.25) is 0 Å². The summed E-state index contributed by atoms with van der Waals surface area (Å²) >= 11 is 0. The van der Waals surface area contributed by atoms with Gasteiger partial charge in [0.15, 0.2) is 0 Å². The predicted molar refractivity (Wildman–Crippen MR) is 138 cm³/mol. The zero-order chi connectivity index (χ0) is 24.8. The number of hydrogen-bond acceptors (Lipinski definition) is 6. The van der Waals surface area contributed by atoms with Gasteiger partial charge in [-0.3, -0.25) is 10.0 Å². The number of carbonyl (C=O) groups excluding carboxylic acids is 1. The summed E-state index contributed by atoms with van der Waals surface area (Å²) < 4.78 is 15.2. The van der Waals surface area contributed by atoms with E-state index in [-0.39, 0.29) is 0 Å². The summed E-state index contributed by atoms with van der Waals surface area (Å²) in [7, 11) is 2.89. The molecule has 2 aromatic carbocycles. The Hall–Kier alpha value is -3.11. The van der Waals surface area contributed by atoms with Crippen molar-refractivity contribution in [1.29, 1.82) is 0 Å². The largest absolute Gasteiger partial charge is 0.357 e. The molecule has 8 nitrogen and oxygen atoms in total. The second-order valence-corrected chi connectivity index (χ2v) is 10.3. The molecule has 9 heteroatoms. The Morgan fingerprint density at radius 2 is 1.66 bits per heavy atom. The smallest absolute Gasteiger partial charge is 0.276 e. The van der Waals surface area contributed by atoms with Crippen LogP contribution in [0.15, 0.2) is 82.3 Å². The SMILES string of the molecule is CN(C)Cc1ccc(-c2ccc(S(=O)N3CCN(C4=NC=C(C(=O)NO)C=CC4)CC3)cc2)cc1. The Morgan fingerprint density at radius 1 is 1.03 bits per heavy atom. The lowest BCUT2D eigenvalue weighted by atomic mass is 10.0. The molecule has 184 valence electrons. The fourth-order valence-electron chi connectivity index (χ4n) is 4.13. The Balaban J connectivity index is 1.35. The van der Waals surface area contributed by atoms with Crippen molar-refractivity contribution in [2.24, 2.45) is 4.99 Å². The maximum atomic E-state index is 13.2. The third-order valence-corrected chi connectivity index (χ3v) is 7.50. The van der Waals surface area contributed by atoms with Gasteiger partial charge >= 0.3 is 0 Å². The molecule has 2 aromatic rings. The normalized spacial score (nSPS) is 17.5. The van der Waals surface area contributed by atoms with Crippen LogP contribution in [0, 0.1) is 0 Å². The van der Waals surface area contributed by atoms with Gasteiger partial charge in [0.1, 0.15) is 16.8 Å². The van der Waals surface area contributed by atoms with Crippen LogP contribution in [0.3, 0.4) is 0 Å². The number of amidine groups is 1. The number of hydrogen-bond donors (Lipinski definition) is 2. The van der Waals surface area contributed by atoms with E-state index in [1.54, 1.807) is 11.6 Å². The van der Waals surface area contributed by atoms with E-state index in [2.05, 4.69) is 53.2 Å². The predicted octanol–water partition coefficient (Wildman–Crippen LogP) is 2.80. The molecule has 35 heavy (non-hydrogen) atoms. The first-order valence-electron chi connectivity index (χ1n) is 11.6. The van der Waals surface area contributed by atoms with E-state index in [4.69, 9.17) is 5.21 Å². The van der Waals surface area contributed by atoms with Crippen LogP contribution in [0.5, 0.6) is 0 Å². The third-order valence-electron chi connectivity index (χ3n) is 5.99. The molecule has 2 N–H and O–H groups in total. The second-order valence-electron chi connectivity index (χ2n) is 8.80. The molecule has 1 amide bonds. The molecule has 0 aliphatic carbocycles. The van der Waals surface area contributed by atoms with Gasteiger partial charge < -0.3 is 9.80 Å². The van der Waals surface area contributed by atoms with E-state index < -0.39 is 16.9 Å². The molecule has 0 radical (unpaired) electrons. The Morgan fingerprint density at radius 3 is 2.26 bits per heavy atom. The number of amides is 1. The molecule has 1 atom stereocenters. The Bertz CT molecular complexity index is 1150. The third kappa shape index (κ3) is 6.32. The van der Waals surface area contributed by atoms with E-state index >= 15 is 0 Å². The first-order chi connectivity index (χ1) is 16.9. The van der Waals surface area contributed by atoms with Crippen LogP contribution in [-0.4, -0.2) is 75.5 Å². The average Bonchev–Trinajstić information content (AvgIpc) is 3.15. The molecule has 0 bridgehead atoms. The zero-order valence-corrected chi connectivity index (χ0v) is 20.9. The van der Waals surface area contributed by atoms with Gasteiger partial charge in [0.2, 0.25) is 0 Å². The maximum Gasteiger partial charge on any atom is 0.276 e. The molecule has 2 aliphatic rings. The van der Waals surface area contributed by atoms with Crippen molar-refractivity contribution in [2.45, 2.75) is 17.9 Å². The summed E-state index contributed by atoms with van der Waals surface area (Å²) in [5.41, 5.74) is 5.45. The number of rotatable bonds is 6. The van der Waals surface area contributed by atoms with Crippen LogP contribution >= 0.6 is 0 Å². The van der Waals surface area contributed by atoms with Gasteiger partial charge in [0, 0.05) is 45.3 Å². The minimum Gasteiger partial charge on any atom is -0.357 e. The van der Waals surface area contributed by atoms with E-state index in [0.717, 1.165) is 28.4 Å². The summed E-state index contributed by atoms with van der Waals surface area (Å²) in [6.07, 6.45) is 5.57. The van der Waals surface area contributed by atoms with E-state index in [1.807, 2.05) is 34.6 Å². The molecule has 2 aliphatic heterocycles. The number of nitrogens with zero attached hydrogens (tertiary/aromatic N) is 4. The van der Waals surface area contributed by atoms with E-state index in [0.29, 0.717) is 38.2 Å². The van der Waals surface area contributed by atoms with Crippen molar-refractivity contribution >= 4 is 22.7 Å². The monoisotopic (exact) mass is 493 g/mol. The zero-order valence-electron chi connectivity index (χ0n) is 20.1. The average molecular weight is 494 g/mol. The highest BCUT2D eigenvalue weighted by Crippen LogP contribution is 2.23. The lowest BCUT2D eigenvalue weighted by Crippen LogP contribution is -2.48. The van der Waals surface area contributed by atoms with E-state index in [9.17, 15) is 9.00 Å². The van der Waals surface area contributed by atoms with Crippen LogP contribution < -0.4 is 5.48 Å². The number of nitrogens with one attached hydrogen (secondary N) is 1. The first kappa shape index (κ1) is 25.0. The minimum atomic E-state index is -1.23. The molecule has 1 unspecified atom stereocenters. The molecule has 1 fully saturated rings. The van der Waals surface area contributed by atoms with Crippen LogP contribution in [0.25, 0.3) is 11.1 Å². The van der Waals surface area contributed by atoms with Crippen molar-refractivity contribution in [3.63, 3.8) is 0 Å². The molecular weight excluding hydrogens is 462 g/mol. The fraction of sp³-hybridized carbons (Fsp3) is 0.308. The number of aliphatic imine (C=N–C) groups is 1. The highest BCUT2D eigenvalue weighted by atomic mass is 32.2. The van der Waals surface area contributed by atoms with Crippen molar-refractivity contribution in [3.05, 3.63) is 78.0 Å². The maximum absolute atomic E-state index is 13.2. The highest BCUT2D eigenvalue weighted by Gasteiger charge is 2.24. The van der Waals surface area contributed by atoms with Crippen LogP contribution in [0.1, 0.15) is 12.0 Å². The standard InChI is InChI=1S/C26H31N5O3S/c1-29(2)19-20-6-8-21(9-7-20)22-10-12-24(13-11-22)35(34)31-16-14-30(15-17-31)25-5-3-4-23(18-27-25)26(32)28-33/h3-4,6-13,18,33H,5,14-17,19H2,1-2H3,(H,28,32). The fourth-order valence-corrected chi connectivity index (χ4v) is 5.30. The number of benzene rings is 2. The quantitative estimate of drug-likeness (QED) is 0.477. The molecule has 0 spiro atoms. The van der Waals surface area contributed by atoms with Crippen LogP contribution in [-0.2, 0) is 22.3 Å². The van der Waals surface area contributed by atoms with Crippen molar-refractivity contribution in [3.8, 4) is 11.1 Å². The summed E-state index contributed by atoms with van der Waals surface area (Å²) in [5, 5.41) is 8.81. The number of hydroxylamine groups is 1. The van der Waals surface area contributed by atoms with Crippen molar-refractivity contribution < 1.29 is 14.2 Å². The first-order valence-corrected chi connectivity index (χ1v) is 12.7. The lowest BCUT2D eigenvalue weighted by Gasteiger charge is -2.35. The van der Waals surface area contributed by atoms with Gasteiger partial charge in [-0.05, 0) is 42.9 Å². The van der Waals surface area contributed by atoms with Gasteiger partial charge in [-0.25, -0.2) is 19.0 Å². The topological polar surface area (TPSA) is 88.5 Å². The molecule has 0 saturated carbocycles. The van der Waals surface area contributed by atoms with Crippen molar-refractivity contribution in [2.75, 3.05) is 40.3 Å². The molecule has 4 rings (SSSR count). The summed E-state index contributed by atoms with van der Waals surface area (Å²) in [6, 6.07) is 16.5. The number of carbonyl (C=O) groups is 1. The number of piperazine rings is 1. The van der Waals surface area contributed by atoms with Gasteiger partial charge in [-0.2, -0.15) is 0 Å². The van der Waals surface area contributed by atoms with E-state index in [1.165, 1.54) is 11.8 Å². The van der Waals surface area contributed by atoms with Crippen LogP contribution in [0.4, 0.5) is 0 Å². The second kappa shape index (κ2) is 11.5. The molecule has 1 saturated heterocycles. The van der Waals surface area contributed by atoms with Crippen molar-refractivity contribution in [1.82, 2.24) is 19.6 Å². The molecule has 2 heterocycles. The highest BCUT2D eigenvalue weighted by molar-refractivity contribution is 7.82. The van der Waals surface area contributed by atoms with Gasteiger partial charge in [0.05, 0.1) is 10.5 Å². The summed E-state index contributed by atoms with van der Waals surface area (Å²) in [6.45, 7) is 3.61. The Labute approximate surface area is 208 Å².